The lowest BCUT2D eigenvalue weighted by atomic mass is 10.2. The van der Waals surface area contributed by atoms with E-state index < -0.39 is 10.0 Å². The Balaban J connectivity index is 2.48. The van der Waals surface area contributed by atoms with Gasteiger partial charge in [0, 0.05) is 29.7 Å². The summed E-state index contributed by atoms with van der Waals surface area (Å²) in [6.07, 6.45) is 2.59. The third kappa shape index (κ3) is 2.97. The number of hydrogen-bond donors (Lipinski definition) is 1. The first-order valence-corrected chi connectivity index (χ1v) is 8.81. The molecule has 0 aromatic heterocycles. The van der Waals surface area contributed by atoms with Crippen molar-refractivity contribution in [2.75, 3.05) is 6.54 Å². The van der Waals surface area contributed by atoms with Crippen molar-refractivity contribution in [3.05, 3.63) is 27.7 Å². The molecule has 7 heteroatoms. The van der Waals surface area contributed by atoms with Crippen LogP contribution in [0.1, 0.15) is 31.7 Å². The molecule has 112 valence electrons. The molecule has 0 radical (unpaired) electrons. The third-order valence-corrected chi connectivity index (χ3v) is 6.23. The van der Waals surface area contributed by atoms with Gasteiger partial charge in [-0.15, -0.1) is 0 Å². The molecule has 0 saturated heterocycles. The second kappa shape index (κ2) is 6.20. The first-order chi connectivity index (χ1) is 9.43. The minimum atomic E-state index is -3.59. The minimum Gasteiger partial charge on any atom is -0.326 e. The van der Waals surface area contributed by atoms with Crippen LogP contribution >= 0.6 is 23.2 Å². The SMILES string of the molecule is CCCN(C1CC1)S(=O)(=O)c1ccc(Cl)c(CN)c1Cl. The normalized spacial score (nSPS) is 15.8. The molecule has 0 spiro atoms. The first kappa shape index (κ1) is 16.0. The van der Waals surface area contributed by atoms with Crippen LogP contribution in [0.15, 0.2) is 17.0 Å². The summed E-state index contributed by atoms with van der Waals surface area (Å²) in [6.45, 7) is 2.57. The highest BCUT2D eigenvalue weighted by Crippen LogP contribution is 2.37. The van der Waals surface area contributed by atoms with Crippen LogP contribution in [0.4, 0.5) is 0 Å². The van der Waals surface area contributed by atoms with Crippen LogP contribution in [0.25, 0.3) is 0 Å². The fourth-order valence-electron chi connectivity index (χ4n) is 2.17. The molecular formula is C13H18Cl2N2O2S. The molecule has 1 aromatic rings. The predicted molar refractivity (Wildman–Crippen MR) is 81.6 cm³/mol. The Kier molecular flexibility index (Phi) is 4.97. The van der Waals surface area contributed by atoms with Crippen molar-refractivity contribution in [3.8, 4) is 0 Å². The number of halogens is 2. The van der Waals surface area contributed by atoms with E-state index in [1.54, 1.807) is 10.4 Å². The van der Waals surface area contributed by atoms with Gasteiger partial charge in [0.1, 0.15) is 4.90 Å². The second-order valence-corrected chi connectivity index (χ2v) is 7.53. The molecule has 1 aliphatic rings. The van der Waals surface area contributed by atoms with Crippen molar-refractivity contribution in [1.29, 1.82) is 0 Å². The lowest BCUT2D eigenvalue weighted by Gasteiger charge is -2.22. The van der Waals surface area contributed by atoms with Crippen molar-refractivity contribution < 1.29 is 8.42 Å². The second-order valence-electron chi connectivity index (χ2n) is 4.89. The first-order valence-electron chi connectivity index (χ1n) is 6.62. The van der Waals surface area contributed by atoms with Gasteiger partial charge in [-0.1, -0.05) is 30.1 Å². The van der Waals surface area contributed by atoms with Gasteiger partial charge >= 0.3 is 0 Å². The summed E-state index contributed by atoms with van der Waals surface area (Å²) < 4.78 is 27.1. The van der Waals surface area contributed by atoms with Crippen molar-refractivity contribution >= 4 is 33.2 Å². The van der Waals surface area contributed by atoms with Gasteiger partial charge in [0.25, 0.3) is 0 Å². The topological polar surface area (TPSA) is 63.4 Å². The Morgan fingerprint density at radius 1 is 1.35 bits per heavy atom. The van der Waals surface area contributed by atoms with Crippen LogP contribution in [0.3, 0.4) is 0 Å². The van der Waals surface area contributed by atoms with E-state index in [0.29, 0.717) is 17.1 Å². The molecule has 0 heterocycles. The highest BCUT2D eigenvalue weighted by Gasteiger charge is 2.38. The highest BCUT2D eigenvalue weighted by molar-refractivity contribution is 7.89. The van der Waals surface area contributed by atoms with Crippen molar-refractivity contribution in [3.63, 3.8) is 0 Å². The molecule has 20 heavy (non-hydrogen) atoms. The average molecular weight is 337 g/mol. The van der Waals surface area contributed by atoms with E-state index in [1.807, 2.05) is 6.92 Å². The zero-order valence-electron chi connectivity index (χ0n) is 11.3. The van der Waals surface area contributed by atoms with Crippen LogP contribution in [0.5, 0.6) is 0 Å². The summed E-state index contributed by atoms with van der Waals surface area (Å²) in [4.78, 5) is 0.101. The minimum absolute atomic E-state index is 0.101. The quantitative estimate of drug-likeness (QED) is 0.868. The molecule has 0 amide bonds. The van der Waals surface area contributed by atoms with Gasteiger partial charge in [0.15, 0.2) is 0 Å². The predicted octanol–water partition coefficient (Wildman–Crippen LogP) is 3.02. The number of sulfonamides is 1. The van der Waals surface area contributed by atoms with E-state index in [1.165, 1.54) is 6.07 Å². The van der Waals surface area contributed by atoms with Gasteiger partial charge in [-0.25, -0.2) is 8.42 Å². The molecule has 0 bridgehead atoms. The molecule has 1 fully saturated rings. The van der Waals surface area contributed by atoms with Crippen LogP contribution < -0.4 is 5.73 Å². The summed E-state index contributed by atoms with van der Waals surface area (Å²) >= 11 is 12.2. The van der Waals surface area contributed by atoms with Crippen LogP contribution in [-0.4, -0.2) is 25.3 Å². The van der Waals surface area contributed by atoms with Crippen molar-refractivity contribution in [2.24, 2.45) is 5.73 Å². The monoisotopic (exact) mass is 336 g/mol. The van der Waals surface area contributed by atoms with Gasteiger partial charge in [-0.2, -0.15) is 4.31 Å². The zero-order chi connectivity index (χ0) is 14.9. The van der Waals surface area contributed by atoms with E-state index in [4.69, 9.17) is 28.9 Å². The number of nitrogens with two attached hydrogens (primary N) is 1. The average Bonchev–Trinajstić information content (AvgIpc) is 3.20. The maximum absolute atomic E-state index is 12.8. The molecule has 1 aliphatic carbocycles. The highest BCUT2D eigenvalue weighted by atomic mass is 35.5. The Bertz CT molecular complexity index is 601. The van der Waals surface area contributed by atoms with Crippen LogP contribution in [-0.2, 0) is 16.6 Å². The van der Waals surface area contributed by atoms with E-state index in [2.05, 4.69) is 0 Å². The van der Waals surface area contributed by atoms with Crippen LogP contribution in [0, 0.1) is 0 Å². The molecule has 0 aliphatic heterocycles. The summed E-state index contributed by atoms with van der Waals surface area (Å²) in [6, 6.07) is 3.11. The van der Waals surface area contributed by atoms with Crippen molar-refractivity contribution in [2.45, 2.75) is 43.7 Å². The maximum atomic E-state index is 12.8. The summed E-state index contributed by atoms with van der Waals surface area (Å²) in [5, 5.41) is 0.534. The molecule has 1 aromatic carbocycles. The van der Waals surface area contributed by atoms with Gasteiger partial charge in [-0.05, 0) is 31.4 Å². The molecule has 0 unspecified atom stereocenters. The summed E-state index contributed by atoms with van der Waals surface area (Å²) in [5.74, 6) is 0. The molecule has 2 N–H and O–H groups in total. The smallest absolute Gasteiger partial charge is 0.244 e. The summed E-state index contributed by atoms with van der Waals surface area (Å²) in [5.41, 5.74) is 6.07. The fraction of sp³-hybridized carbons (Fsp3) is 0.538. The van der Waals surface area contributed by atoms with Gasteiger partial charge in [-0.3, -0.25) is 0 Å². The van der Waals surface area contributed by atoms with E-state index in [0.717, 1.165) is 19.3 Å². The van der Waals surface area contributed by atoms with Gasteiger partial charge in [0.05, 0.1) is 5.02 Å². The number of hydrogen-bond acceptors (Lipinski definition) is 3. The lowest BCUT2D eigenvalue weighted by Crippen LogP contribution is -2.34. The van der Waals surface area contributed by atoms with Crippen molar-refractivity contribution in [1.82, 2.24) is 4.31 Å². The Morgan fingerprint density at radius 3 is 2.50 bits per heavy atom. The Hall–Kier alpha value is -0.330. The van der Waals surface area contributed by atoms with E-state index in [-0.39, 0.29) is 22.5 Å². The van der Waals surface area contributed by atoms with Gasteiger partial charge < -0.3 is 5.73 Å². The summed E-state index contributed by atoms with van der Waals surface area (Å²) in [7, 11) is -3.59. The van der Waals surface area contributed by atoms with E-state index >= 15 is 0 Å². The van der Waals surface area contributed by atoms with E-state index in [9.17, 15) is 8.42 Å². The molecule has 4 nitrogen and oxygen atoms in total. The largest absolute Gasteiger partial charge is 0.326 e. The molecule has 0 atom stereocenters. The van der Waals surface area contributed by atoms with Crippen LogP contribution in [0.2, 0.25) is 10.0 Å². The third-order valence-electron chi connectivity index (χ3n) is 3.34. The fourth-order valence-corrected chi connectivity index (χ4v) is 4.86. The number of nitrogens with zero attached hydrogens (tertiary/aromatic N) is 1. The maximum Gasteiger partial charge on any atom is 0.244 e. The Labute approximate surface area is 129 Å². The number of benzene rings is 1. The molecule has 2 rings (SSSR count). The zero-order valence-corrected chi connectivity index (χ0v) is 13.6. The molecular weight excluding hydrogens is 319 g/mol. The lowest BCUT2D eigenvalue weighted by molar-refractivity contribution is 0.403. The number of rotatable bonds is 6. The Morgan fingerprint density at radius 2 is 2.00 bits per heavy atom. The molecule has 1 saturated carbocycles. The van der Waals surface area contributed by atoms with Gasteiger partial charge in [0.2, 0.25) is 10.0 Å². The standard InChI is InChI=1S/C13H18Cl2N2O2S/c1-2-7-17(9-3-4-9)20(18,19)12-6-5-11(14)10(8-16)13(12)15/h5-6,9H,2-4,7-8,16H2,1H3.